The SMILES string of the molecule is c1ccc(-c2ccc(-c3ccccc3)n2-c2ccc3c(-c4ccc5oc6ccccc6c5c4)c4ccccc4c(-c4cccc5ccccc45)c3c2)cc1. The van der Waals surface area contributed by atoms with Crippen molar-refractivity contribution in [2.24, 2.45) is 0 Å². The Bertz CT molecular complexity index is 3140. The van der Waals surface area contributed by atoms with E-state index in [0.29, 0.717) is 0 Å². The van der Waals surface area contributed by atoms with Gasteiger partial charge >= 0.3 is 0 Å². The van der Waals surface area contributed by atoms with E-state index in [1.165, 1.54) is 65.7 Å². The topological polar surface area (TPSA) is 18.1 Å². The van der Waals surface area contributed by atoms with E-state index >= 15 is 0 Å². The number of fused-ring (bicyclic) bond motifs is 6. The van der Waals surface area contributed by atoms with Crippen LogP contribution in [0.3, 0.4) is 0 Å². The lowest BCUT2D eigenvalue weighted by molar-refractivity contribution is 0.669. The average Bonchev–Trinajstić information content (AvgIpc) is 3.85. The zero-order chi connectivity index (χ0) is 35.6. The van der Waals surface area contributed by atoms with Crippen molar-refractivity contribution in [3.05, 3.63) is 200 Å². The molecule has 0 aliphatic carbocycles. The van der Waals surface area contributed by atoms with Crippen LogP contribution in [0.2, 0.25) is 0 Å². The normalized spacial score (nSPS) is 11.7. The predicted molar refractivity (Wildman–Crippen MR) is 227 cm³/mol. The summed E-state index contributed by atoms with van der Waals surface area (Å²) in [4.78, 5) is 0. The number of rotatable bonds is 5. The molecule has 2 aromatic heterocycles. The van der Waals surface area contributed by atoms with Gasteiger partial charge in [-0.05, 0) is 108 Å². The molecule has 0 N–H and O–H groups in total. The molecule has 2 nitrogen and oxygen atoms in total. The number of furan rings is 1. The summed E-state index contributed by atoms with van der Waals surface area (Å²) in [5.74, 6) is 0. The maximum atomic E-state index is 6.29. The minimum Gasteiger partial charge on any atom is -0.456 e. The Labute approximate surface area is 312 Å². The molecular formula is C52H33NO. The molecule has 2 heteroatoms. The van der Waals surface area contributed by atoms with Gasteiger partial charge < -0.3 is 8.98 Å². The summed E-state index contributed by atoms with van der Waals surface area (Å²) in [6.45, 7) is 0. The summed E-state index contributed by atoms with van der Waals surface area (Å²) in [6.07, 6.45) is 0. The van der Waals surface area contributed by atoms with Crippen molar-refractivity contribution in [3.63, 3.8) is 0 Å². The Hall–Kier alpha value is -7.16. The largest absolute Gasteiger partial charge is 0.456 e. The quantitative estimate of drug-likeness (QED) is 0.165. The van der Waals surface area contributed by atoms with Gasteiger partial charge in [0.25, 0.3) is 0 Å². The van der Waals surface area contributed by atoms with Crippen molar-refractivity contribution in [3.8, 4) is 50.5 Å². The van der Waals surface area contributed by atoms with Crippen molar-refractivity contribution in [2.75, 3.05) is 0 Å². The van der Waals surface area contributed by atoms with Crippen molar-refractivity contribution >= 4 is 54.3 Å². The average molecular weight is 688 g/mol. The van der Waals surface area contributed by atoms with Crippen molar-refractivity contribution in [1.29, 1.82) is 0 Å². The van der Waals surface area contributed by atoms with Crippen molar-refractivity contribution in [2.45, 2.75) is 0 Å². The molecule has 0 spiro atoms. The van der Waals surface area contributed by atoms with Crippen LogP contribution in [0.4, 0.5) is 0 Å². The highest BCUT2D eigenvalue weighted by molar-refractivity contribution is 6.24. The minimum atomic E-state index is 0.901. The first-order valence-electron chi connectivity index (χ1n) is 18.5. The van der Waals surface area contributed by atoms with E-state index in [9.17, 15) is 0 Å². The van der Waals surface area contributed by atoms with Crippen LogP contribution in [0.1, 0.15) is 0 Å². The molecule has 0 aliphatic rings. The van der Waals surface area contributed by atoms with Crippen LogP contribution in [0.15, 0.2) is 205 Å². The van der Waals surface area contributed by atoms with Crippen LogP contribution >= 0.6 is 0 Å². The maximum absolute atomic E-state index is 6.29. The number of hydrogen-bond acceptors (Lipinski definition) is 1. The van der Waals surface area contributed by atoms with Gasteiger partial charge in [0.2, 0.25) is 0 Å². The molecule has 0 saturated heterocycles. The highest BCUT2D eigenvalue weighted by Gasteiger charge is 2.21. The molecule has 0 fully saturated rings. The molecule has 2 heterocycles. The summed E-state index contributed by atoms with van der Waals surface area (Å²) in [6, 6.07) is 72.4. The lowest BCUT2D eigenvalue weighted by Crippen LogP contribution is -2.00. The molecule has 0 radical (unpaired) electrons. The molecule has 0 saturated carbocycles. The first-order chi connectivity index (χ1) is 26.8. The van der Waals surface area contributed by atoms with Gasteiger partial charge in [-0.25, -0.2) is 0 Å². The van der Waals surface area contributed by atoms with Gasteiger partial charge in [-0.3, -0.25) is 0 Å². The van der Waals surface area contributed by atoms with E-state index in [1.54, 1.807) is 0 Å². The van der Waals surface area contributed by atoms with Gasteiger partial charge in [-0.1, -0.05) is 158 Å². The number of hydrogen-bond donors (Lipinski definition) is 0. The molecule has 0 bridgehead atoms. The smallest absolute Gasteiger partial charge is 0.135 e. The van der Waals surface area contributed by atoms with Gasteiger partial charge in [-0.15, -0.1) is 0 Å². The lowest BCUT2D eigenvalue weighted by Gasteiger charge is -2.21. The van der Waals surface area contributed by atoms with Crippen LogP contribution in [-0.2, 0) is 0 Å². The number of nitrogens with zero attached hydrogens (tertiary/aromatic N) is 1. The molecule has 0 unspecified atom stereocenters. The third-order valence-corrected chi connectivity index (χ3v) is 11.0. The fourth-order valence-corrected chi connectivity index (χ4v) is 8.61. The Morgan fingerprint density at radius 2 is 0.889 bits per heavy atom. The molecule has 252 valence electrons. The second kappa shape index (κ2) is 12.2. The molecule has 0 aliphatic heterocycles. The number of para-hydroxylation sites is 1. The highest BCUT2D eigenvalue weighted by atomic mass is 16.3. The maximum Gasteiger partial charge on any atom is 0.135 e. The highest BCUT2D eigenvalue weighted by Crippen LogP contribution is 2.47. The predicted octanol–water partition coefficient (Wildman–Crippen LogP) is 14.5. The second-order valence-corrected chi connectivity index (χ2v) is 14.0. The van der Waals surface area contributed by atoms with Crippen LogP contribution in [-0.4, -0.2) is 4.57 Å². The van der Waals surface area contributed by atoms with E-state index in [4.69, 9.17) is 4.42 Å². The first-order valence-corrected chi connectivity index (χ1v) is 18.5. The minimum absolute atomic E-state index is 0.901. The fourth-order valence-electron chi connectivity index (χ4n) is 8.61. The van der Waals surface area contributed by atoms with Crippen LogP contribution in [0.5, 0.6) is 0 Å². The number of aromatic nitrogens is 1. The first kappa shape index (κ1) is 30.5. The molecule has 0 amide bonds. The summed E-state index contributed by atoms with van der Waals surface area (Å²) in [5.41, 5.74) is 12.4. The lowest BCUT2D eigenvalue weighted by atomic mass is 9.84. The van der Waals surface area contributed by atoms with E-state index in [0.717, 1.165) is 39.0 Å². The van der Waals surface area contributed by atoms with E-state index in [2.05, 4.69) is 199 Å². The zero-order valence-electron chi connectivity index (χ0n) is 29.4. The second-order valence-electron chi connectivity index (χ2n) is 14.0. The Morgan fingerprint density at radius 3 is 1.63 bits per heavy atom. The summed E-state index contributed by atoms with van der Waals surface area (Å²) in [5, 5.41) is 9.60. The Balaban J connectivity index is 1.27. The van der Waals surface area contributed by atoms with Gasteiger partial charge in [0.15, 0.2) is 0 Å². The Kier molecular flexibility index (Phi) is 6.90. The van der Waals surface area contributed by atoms with E-state index < -0.39 is 0 Å². The molecular weight excluding hydrogens is 655 g/mol. The summed E-state index contributed by atoms with van der Waals surface area (Å²) in [7, 11) is 0. The molecule has 0 atom stereocenters. The third-order valence-electron chi connectivity index (χ3n) is 11.0. The van der Waals surface area contributed by atoms with Crippen LogP contribution in [0, 0.1) is 0 Å². The standard InChI is InChI=1S/C52H33NO/c1-3-15-35(16-4-1)47-29-30-48(36-17-5-2-6-18-36)53(47)38-27-28-44-46(33-38)52(41-24-13-19-34-14-7-8-20-39(34)41)43-23-10-9-22-42(43)51(44)37-26-31-50-45(32-37)40-21-11-12-25-49(40)54-50/h1-33H. The van der Waals surface area contributed by atoms with E-state index in [-0.39, 0.29) is 0 Å². The van der Waals surface area contributed by atoms with Gasteiger partial charge in [-0.2, -0.15) is 0 Å². The third kappa shape index (κ3) is 4.74. The molecule has 11 aromatic rings. The summed E-state index contributed by atoms with van der Waals surface area (Å²) >= 11 is 0. The summed E-state index contributed by atoms with van der Waals surface area (Å²) < 4.78 is 8.71. The number of benzene rings is 9. The van der Waals surface area contributed by atoms with Crippen molar-refractivity contribution < 1.29 is 4.42 Å². The van der Waals surface area contributed by atoms with Crippen LogP contribution < -0.4 is 0 Å². The van der Waals surface area contributed by atoms with Gasteiger partial charge in [0.05, 0.1) is 11.4 Å². The van der Waals surface area contributed by atoms with Crippen molar-refractivity contribution in [1.82, 2.24) is 4.57 Å². The Morgan fingerprint density at radius 1 is 0.315 bits per heavy atom. The monoisotopic (exact) mass is 687 g/mol. The van der Waals surface area contributed by atoms with E-state index in [1.807, 2.05) is 6.07 Å². The molecule has 11 rings (SSSR count). The van der Waals surface area contributed by atoms with Crippen LogP contribution in [0.25, 0.3) is 105 Å². The zero-order valence-corrected chi connectivity index (χ0v) is 29.4. The van der Waals surface area contributed by atoms with Gasteiger partial charge in [0.1, 0.15) is 11.2 Å². The molecule has 54 heavy (non-hydrogen) atoms. The molecule has 9 aromatic carbocycles. The van der Waals surface area contributed by atoms with Gasteiger partial charge in [0, 0.05) is 16.5 Å². The fraction of sp³-hybridized carbons (Fsp3) is 0.